The fourth-order valence-corrected chi connectivity index (χ4v) is 1.34. The summed E-state index contributed by atoms with van der Waals surface area (Å²) in [5.41, 5.74) is 2.33. The van der Waals surface area contributed by atoms with Crippen molar-refractivity contribution in [3.05, 3.63) is 29.3 Å². The molecular weight excluding hydrogens is 172 g/mol. The van der Waals surface area contributed by atoms with Gasteiger partial charge in [-0.2, -0.15) is 0 Å². The minimum atomic E-state index is 0.507. The van der Waals surface area contributed by atoms with E-state index < -0.39 is 0 Å². The summed E-state index contributed by atoms with van der Waals surface area (Å²) in [6, 6.07) is 6.14. The average molecular weight is 185 g/mol. The first-order chi connectivity index (χ1) is 5.81. The van der Waals surface area contributed by atoms with Gasteiger partial charge in [0.05, 0.1) is 13.0 Å². The molecule has 1 nitrogen and oxygen atoms in total. The van der Waals surface area contributed by atoms with E-state index in [2.05, 4.69) is 13.0 Å². The highest BCUT2D eigenvalue weighted by Gasteiger charge is 2.01. The van der Waals surface area contributed by atoms with Gasteiger partial charge in [0.15, 0.2) is 0 Å². The van der Waals surface area contributed by atoms with E-state index >= 15 is 0 Å². The largest absolute Gasteiger partial charge is 0.496 e. The van der Waals surface area contributed by atoms with Crippen molar-refractivity contribution >= 4 is 11.6 Å². The first-order valence-corrected chi connectivity index (χ1v) is 4.57. The second-order valence-electron chi connectivity index (χ2n) is 2.63. The zero-order valence-electron chi connectivity index (χ0n) is 7.43. The highest BCUT2D eigenvalue weighted by atomic mass is 35.5. The lowest BCUT2D eigenvalue weighted by Crippen LogP contribution is -1.91. The molecule has 0 unspecified atom stereocenters. The molecule has 0 spiro atoms. The van der Waals surface area contributed by atoms with E-state index in [9.17, 15) is 0 Å². The van der Waals surface area contributed by atoms with Crippen molar-refractivity contribution in [2.45, 2.75) is 19.2 Å². The Hall–Kier alpha value is -0.690. The third-order valence-electron chi connectivity index (χ3n) is 1.90. The molecule has 0 fully saturated rings. The molecule has 0 aliphatic carbocycles. The van der Waals surface area contributed by atoms with Crippen LogP contribution < -0.4 is 4.74 Å². The summed E-state index contributed by atoms with van der Waals surface area (Å²) >= 11 is 5.73. The molecule has 0 amide bonds. The SMILES string of the molecule is CCc1ccc(CCl)c(OC)c1. The molecule has 0 bridgehead atoms. The van der Waals surface area contributed by atoms with Crippen LogP contribution in [0.4, 0.5) is 0 Å². The lowest BCUT2D eigenvalue weighted by atomic mass is 10.1. The minimum Gasteiger partial charge on any atom is -0.496 e. The molecule has 0 aliphatic rings. The van der Waals surface area contributed by atoms with Gasteiger partial charge >= 0.3 is 0 Å². The highest BCUT2D eigenvalue weighted by Crippen LogP contribution is 2.21. The van der Waals surface area contributed by atoms with Gasteiger partial charge in [-0.3, -0.25) is 0 Å². The lowest BCUT2D eigenvalue weighted by Gasteiger charge is -2.06. The van der Waals surface area contributed by atoms with Gasteiger partial charge in [-0.1, -0.05) is 19.1 Å². The molecule has 12 heavy (non-hydrogen) atoms. The van der Waals surface area contributed by atoms with Gasteiger partial charge < -0.3 is 4.74 Å². The number of methoxy groups -OCH3 is 1. The van der Waals surface area contributed by atoms with Crippen LogP contribution in [0.5, 0.6) is 5.75 Å². The van der Waals surface area contributed by atoms with Gasteiger partial charge in [-0.15, -0.1) is 11.6 Å². The van der Waals surface area contributed by atoms with E-state index in [-0.39, 0.29) is 0 Å². The van der Waals surface area contributed by atoms with Crippen LogP contribution in [0.1, 0.15) is 18.1 Å². The maximum absolute atomic E-state index is 5.73. The Morgan fingerprint density at radius 3 is 2.67 bits per heavy atom. The van der Waals surface area contributed by atoms with Crippen molar-refractivity contribution in [1.29, 1.82) is 0 Å². The van der Waals surface area contributed by atoms with Gasteiger partial charge in [-0.25, -0.2) is 0 Å². The van der Waals surface area contributed by atoms with Crippen molar-refractivity contribution in [3.63, 3.8) is 0 Å². The number of hydrogen-bond acceptors (Lipinski definition) is 1. The Kier molecular flexibility index (Phi) is 3.42. The second kappa shape index (κ2) is 4.36. The lowest BCUT2D eigenvalue weighted by molar-refractivity contribution is 0.411. The smallest absolute Gasteiger partial charge is 0.123 e. The molecule has 0 saturated heterocycles. The van der Waals surface area contributed by atoms with Crippen molar-refractivity contribution in [1.82, 2.24) is 0 Å². The van der Waals surface area contributed by atoms with Crippen LogP contribution in [0.15, 0.2) is 18.2 Å². The predicted molar refractivity (Wildman–Crippen MR) is 51.9 cm³/mol. The molecule has 0 aromatic heterocycles. The van der Waals surface area contributed by atoms with Crippen molar-refractivity contribution in [2.75, 3.05) is 7.11 Å². The van der Waals surface area contributed by atoms with Crippen molar-refractivity contribution < 1.29 is 4.74 Å². The standard InChI is InChI=1S/C10H13ClO/c1-3-8-4-5-9(7-11)10(6-8)12-2/h4-6H,3,7H2,1-2H3. The van der Waals surface area contributed by atoms with Gasteiger partial charge in [0, 0.05) is 5.56 Å². The zero-order valence-corrected chi connectivity index (χ0v) is 8.19. The molecule has 0 N–H and O–H groups in total. The molecule has 0 heterocycles. The molecule has 0 saturated carbocycles. The van der Waals surface area contributed by atoms with Crippen LogP contribution in [0.3, 0.4) is 0 Å². The Balaban J connectivity index is 3.02. The van der Waals surface area contributed by atoms with E-state index in [0.29, 0.717) is 5.88 Å². The summed E-state index contributed by atoms with van der Waals surface area (Å²) in [5, 5.41) is 0. The van der Waals surface area contributed by atoms with Crippen LogP contribution >= 0.6 is 11.6 Å². The maximum Gasteiger partial charge on any atom is 0.123 e. The molecule has 1 aromatic rings. The van der Waals surface area contributed by atoms with Gasteiger partial charge in [-0.05, 0) is 18.1 Å². The number of halogens is 1. The first kappa shape index (κ1) is 9.40. The van der Waals surface area contributed by atoms with Crippen molar-refractivity contribution in [3.8, 4) is 5.75 Å². The molecule has 1 aromatic carbocycles. The van der Waals surface area contributed by atoms with Crippen LogP contribution in [0.25, 0.3) is 0 Å². The predicted octanol–water partition coefficient (Wildman–Crippen LogP) is 3.00. The summed E-state index contributed by atoms with van der Waals surface area (Å²) in [5.74, 6) is 1.40. The summed E-state index contributed by atoms with van der Waals surface area (Å²) in [6.07, 6.45) is 1.03. The number of hydrogen-bond donors (Lipinski definition) is 0. The Morgan fingerprint density at radius 1 is 1.42 bits per heavy atom. The Morgan fingerprint density at radius 2 is 2.17 bits per heavy atom. The number of alkyl halides is 1. The monoisotopic (exact) mass is 184 g/mol. The first-order valence-electron chi connectivity index (χ1n) is 4.03. The van der Waals surface area contributed by atoms with Gasteiger partial charge in [0.2, 0.25) is 0 Å². The van der Waals surface area contributed by atoms with E-state index in [1.54, 1.807) is 7.11 Å². The summed E-state index contributed by atoms with van der Waals surface area (Å²) < 4.78 is 5.19. The minimum absolute atomic E-state index is 0.507. The second-order valence-corrected chi connectivity index (χ2v) is 2.90. The number of benzene rings is 1. The quantitative estimate of drug-likeness (QED) is 0.657. The van der Waals surface area contributed by atoms with E-state index in [1.165, 1.54) is 5.56 Å². The van der Waals surface area contributed by atoms with Crippen LogP contribution in [-0.4, -0.2) is 7.11 Å². The third-order valence-corrected chi connectivity index (χ3v) is 2.19. The molecule has 0 radical (unpaired) electrons. The van der Waals surface area contributed by atoms with Crippen LogP contribution in [-0.2, 0) is 12.3 Å². The maximum atomic E-state index is 5.73. The molecule has 0 aliphatic heterocycles. The highest BCUT2D eigenvalue weighted by molar-refractivity contribution is 6.17. The third kappa shape index (κ3) is 1.92. The van der Waals surface area contributed by atoms with Crippen LogP contribution in [0, 0.1) is 0 Å². The summed E-state index contributed by atoms with van der Waals surface area (Å²) in [6.45, 7) is 2.12. The topological polar surface area (TPSA) is 9.23 Å². The summed E-state index contributed by atoms with van der Waals surface area (Å²) in [7, 11) is 1.67. The Bertz CT molecular complexity index is 258. The van der Waals surface area contributed by atoms with Gasteiger partial charge in [0.25, 0.3) is 0 Å². The summed E-state index contributed by atoms with van der Waals surface area (Å²) in [4.78, 5) is 0. The number of rotatable bonds is 3. The zero-order chi connectivity index (χ0) is 8.97. The Labute approximate surface area is 78.3 Å². The average Bonchev–Trinajstić information content (AvgIpc) is 2.16. The fourth-order valence-electron chi connectivity index (χ4n) is 1.12. The number of ether oxygens (including phenoxy) is 1. The molecular formula is C10H13ClO. The molecule has 1 rings (SSSR count). The number of aryl methyl sites for hydroxylation is 1. The molecule has 66 valence electrons. The van der Waals surface area contributed by atoms with Gasteiger partial charge in [0.1, 0.15) is 5.75 Å². The molecule has 2 heteroatoms. The van der Waals surface area contributed by atoms with E-state index in [4.69, 9.17) is 16.3 Å². The van der Waals surface area contributed by atoms with E-state index in [1.807, 2.05) is 12.1 Å². The van der Waals surface area contributed by atoms with E-state index in [0.717, 1.165) is 17.7 Å². The fraction of sp³-hybridized carbons (Fsp3) is 0.400. The van der Waals surface area contributed by atoms with Crippen molar-refractivity contribution in [2.24, 2.45) is 0 Å². The normalized spacial score (nSPS) is 9.92. The van der Waals surface area contributed by atoms with Crippen LogP contribution in [0.2, 0.25) is 0 Å². The molecule has 0 atom stereocenters.